The third-order valence-electron chi connectivity index (χ3n) is 0.996. The van der Waals surface area contributed by atoms with E-state index in [1.807, 2.05) is 0 Å². The minimum Gasteiger partial charge on any atom is -0.451 e. The van der Waals surface area contributed by atoms with E-state index in [-0.39, 0.29) is 6.54 Å². The highest BCUT2D eigenvalue weighted by atomic mass is 79.9. The van der Waals surface area contributed by atoms with Gasteiger partial charge in [-0.2, -0.15) is 4.99 Å². The van der Waals surface area contributed by atoms with E-state index < -0.39 is 0 Å². The van der Waals surface area contributed by atoms with Gasteiger partial charge in [0.1, 0.15) is 12.3 Å². The van der Waals surface area contributed by atoms with Crippen LogP contribution in [0.15, 0.2) is 24.6 Å². The van der Waals surface area contributed by atoms with Crippen LogP contribution in [-0.2, 0) is 11.3 Å². The van der Waals surface area contributed by atoms with Crippen molar-refractivity contribution in [3.8, 4) is 0 Å². The van der Waals surface area contributed by atoms with Crippen LogP contribution in [0.1, 0.15) is 5.76 Å². The fourth-order valence-electron chi connectivity index (χ4n) is 0.580. The SMILES string of the molecule is O=C=NCc1cc(Br)c(Br)o1. The average Bonchev–Trinajstić information content (AvgIpc) is 2.28. The Bertz CT molecular complexity index is 282. The summed E-state index contributed by atoms with van der Waals surface area (Å²) < 4.78 is 6.53. The van der Waals surface area contributed by atoms with Crippen molar-refractivity contribution in [2.75, 3.05) is 0 Å². The molecule has 0 aliphatic rings. The summed E-state index contributed by atoms with van der Waals surface area (Å²) in [5.74, 6) is 0.618. The zero-order valence-corrected chi connectivity index (χ0v) is 8.48. The Morgan fingerprint density at radius 1 is 1.64 bits per heavy atom. The first kappa shape index (κ1) is 8.71. The summed E-state index contributed by atoms with van der Waals surface area (Å²) in [6.45, 7) is 0.230. The second-order valence-corrected chi connectivity index (χ2v) is 3.32. The van der Waals surface area contributed by atoms with Gasteiger partial charge in [-0.1, -0.05) is 0 Å². The Hall–Kier alpha value is -0.380. The molecular formula is C6H3Br2NO2. The molecule has 0 unspecified atom stereocenters. The van der Waals surface area contributed by atoms with E-state index in [9.17, 15) is 4.79 Å². The number of aliphatic imine (C=N–C) groups is 1. The lowest BCUT2D eigenvalue weighted by molar-refractivity contribution is 0.487. The lowest BCUT2D eigenvalue weighted by Crippen LogP contribution is -1.72. The number of hydrogen-bond donors (Lipinski definition) is 0. The molecule has 3 nitrogen and oxygen atoms in total. The lowest BCUT2D eigenvalue weighted by Gasteiger charge is -1.82. The monoisotopic (exact) mass is 279 g/mol. The maximum absolute atomic E-state index is 9.71. The van der Waals surface area contributed by atoms with Crippen molar-refractivity contribution < 1.29 is 9.21 Å². The molecule has 0 fully saturated rings. The molecule has 1 heterocycles. The van der Waals surface area contributed by atoms with Crippen LogP contribution in [0.2, 0.25) is 0 Å². The van der Waals surface area contributed by atoms with E-state index in [0.717, 1.165) is 4.47 Å². The predicted octanol–water partition coefficient (Wildman–Crippen LogP) is 2.64. The molecule has 0 atom stereocenters. The number of carbonyl (C=O) groups excluding carboxylic acids is 1. The van der Waals surface area contributed by atoms with Gasteiger partial charge in [-0.05, 0) is 37.9 Å². The van der Waals surface area contributed by atoms with Gasteiger partial charge in [0.2, 0.25) is 6.08 Å². The number of halogens is 2. The molecule has 0 bridgehead atoms. The Balaban J connectivity index is 2.80. The minimum absolute atomic E-state index is 0.230. The first-order chi connectivity index (χ1) is 5.24. The van der Waals surface area contributed by atoms with Crippen LogP contribution < -0.4 is 0 Å². The molecule has 0 amide bonds. The van der Waals surface area contributed by atoms with E-state index in [1.54, 1.807) is 6.07 Å². The Morgan fingerprint density at radius 3 is 2.82 bits per heavy atom. The van der Waals surface area contributed by atoms with Gasteiger partial charge >= 0.3 is 0 Å². The summed E-state index contributed by atoms with van der Waals surface area (Å²) in [6.07, 6.45) is 1.43. The summed E-state index contributed by atoms with van der Waals surface area (Å²) >= 11 is 6.38. The van der Waals surface area contributed by atoms with Gasteiger partial charge in [0.25, 0.3) is 0 Å². The predicted molar refractivity (Wildman–Crippen MR) is 45.9 cm³/mol. The maximum atomic E-state index is 9.71. The maximum Gasteiger partial charge on any atom is 0.235 e. The Labute approximate surface area is 79.7 Å². The number of furan rings is 1. The molecule has 0 saturated carbocycles. The highest BCUT2D eigenvalue weighted by Gasteiger charge is 2.04. The van der Waals surface area contributed by atoms with Crippen molar-refractivity contribution >= 4 is 37.9 Å². The Kier molecular flexibility index (Phi) is 3.05. The molecule has 1 aromatic rings. The molecule has 0 saturated heterocycles. The molecule has 1 rings (SSSR count). The first-order valence-corrected chi connectivity index (χ1v) is 4.30. The van der Waals surface area contributed by atoms with Gasteiger partial charge in [0.05, 0.1) is 4.47 Å². The summed E-state index contributed by atoms with van der Waals surface area (Å²) in [5.41, 5.74) is 0. The van der Waals surface area contributed by atoms with E-state index in [4.69, 9.17) is 4.42 Å². The van der Waals surface area contributed by atoms with Gasteiger partial charge in [0.15, 0.2) is 4.67 Å². The number of hydrogen-bond acceptors (Lipinski definition) is 3. The van der Waals surface area contributed by atoms with Crippen LogP contribution in [0.25, 0.3) is 0 Å². The molecule has 58 valence electrons. The van der Waals surface area contributed by atoms with Crippen LogP contribution in [0.5, 0.6) is 0 Å². The molecule has 11 heavy (non-hydrogen) atoms. The van der Waals surface area contributed by atoms with Crippen LogP contribution in [0, 0.1) is 0 Å². The van der Waals surface area contributed by atoms with Crippen molar-refractivity contribution in [3.63, 3.8) is 0 Å². The van der Waals surface area contributed by atoms with Crippen molar-refractivity contribution in [3.05, 3.63) is 21.0 Å². The third kappa shape index (κ3) is 2.29. The fourth-order valence-corrected chi connectivity index (χ4v) is 1.24. The quantitative estimate of drug-likeness (QED) is 0.617. The van der Waals surface area contributed by atoms with Crippen molar-refractivity contribution in [2.45, 2.75) is 6.54 Å². The molecule has 0 spiro atoms. The smallest absolute Gasteiger partial charge is 0.235 e. The Morgan fingerprint density at radius 2 is 2.36 bits per heavy atom. The largest absolute Gasteiger partial charge is 0.451 e. The first-order valence-electron chi connectivity index (χ1n) is 2.71. The van der Waals surface area contributed by atoms with Crippen LogP contribution in [-0.4, -0.2) is 6.08 Å². The summed E-state index contributed by atoms with van der Waals surface area (Å²) in [5, 5.41) is 0. The third-order valence-corrected chi connectivity index (χ3v) is 2.71. The fraction of sp³-hybridized carbons (Fsp3) is 0.167. The summed E-state index contributed by atoms with van der Waals surface area (Å²) in [7, 11) is 0. The van der Waals surface area contributed by atoms with Crippen molar-refractivity contribution in [1.82, 2.24) is 0 Å². The highest BCUT2D eigenvalue weighted by molar-refractivity contribution is 9.13. The van der Waals surface area contributed by atoms with Gasteiger partial charge in [0, 0.05) is 0 Å². The second-order valence-electron chi connectivity index (χ2n) is 1.74. The van der Waals surface area contributed by atoms with Gasteiger partial charge in [-0.25, -0.2) is 4.79 Å². The van der Waals surface area contributed by atoms with E-state index in [2.05, 4.69) is 36.9 Å². The van der Waals surface area contributed by atoms with Crippen molar-refractivity contribution in [2.24, 2.45) is 4.99 Å². The van der Waals surface area contributed by atoms with Crippen molar-refractivity contribution in [1.29, 1.82) is 0 Å². The van der Waals surface area contributed by atoms with Gasteiger partial charge in [-0.3, -0.25) is 0 Å². The zero-order valence-electron chi connectivity index (χ0n) is 5.30. The normalized spacial score (nSPS) is 9.27. The summed E-state index contributed by atoms with van der Waals surface area (Å²) in [6, 6.07) is 1.74. The zero-order chi connectivity index (χ0) is 8.27. The number of nitrogens with zero attached hydrogens (tertiary/aromatic N) is 1. The van der Waals surface area contributed by atoms with E-state index in [1.165, 1.54) is 6.08 Å². The highest BCUT2D eigenvalue weighted by Crippen LogP contribution is 2.26. The number of rotatable bonds is 2. The summed E-state index contributed by atoms with van der Waals surface area (Å²) in [4.78, 5) is 13.1. The standard InChI is InChI=1S/C6H3Br2NO2/c7-5-1-4(2-9-3-10)11-6(5)8/h1H,2H2. The van der Waals surface area contributed by atoms with Gasteiger partial charge < -0.3 is 4.42 Å². The van der Waals surface area contributed by atoms with Gasteiger partial charge in [-0.15, -0.1) is 0 Å². The molecule has 1 aromatic heterocycles. The van der Waals surface area contributed by atoms with Crippen LogP contribution in [0.4, 0.5) is 0 Å². The van der Waals surface area contributed by atoms with E-state index in [0.29, 0.717) is 10.4 Å². The average molecular weight is 281 g/mol. The van der Waals surface area contributed by atoms with Crippen LogP contribution >= 0.6 is 31.9 Å². The number of isocyanates is 1. The molecule has 0 aromatic carbocycles. The second kappa shape index (κ2) is 3.85. The molecule has 5 heteroatoms. The van der Waals surface area contributed by atoms with E-state index >= 15 is 0 Å². The lowest BCUT2D eigenvalue weighted by atomic mass is 10.5. The molecular weight excluding hydrogens is 278 g/mol. The molecule has 0 radical (unpaired) electrons. The molecule has 0 aliphatic heterocycles. The molecule has 0 N–H and O–H groups in total. The topological polar surface area (TPSA) is 42.6 Å². The van der Waals surface area contributed by atoms with Crippen LogP contribution in [0.3, 0.4) is 0 Å². The molecule has 0 aliphatic carbocycles. The minimum atomic E-state index is 0.230.